The van der Waals surface area contributed by atoms with Gasteiger partial charge in [-0.15, -0.1) is 11.3 Å². The zero-order valence-corrected chi connectivity index (χ0v) is 13.0. The lowest BCUT2D eigenvalue weighted by atomic mass is 10.2. The zero-order valence-electron chi connectivity index (χ0n) is 10.6. The van der Waals surface area contributed by atoms with E-state index in [2.05, 4.69) is 27.0 Å². The molecule has 0 aromatic carbocycles. The largest absolute Gasteiger partial charge is 0.333 e. The fourth-order valence-electron chi connectivity index (χ4n) is 1.75. The Hall–Kier alpha value is -1.71. The number of carbonyl (C=O) groups is 1. The van der Waals surface area contributed by atoms with Crippen LogP contribution in [-0.4, -0.2) is 22.3 Å². The Kier molecular flexibility index (Phi) is 5.27. The minimum absolute atomic E-state index is 0.0638. The summed E-state index contributed by atoms with van der Waals surface area (Å²) in [5.41, 5.74) is 1.59. The normalized spacial score (nSPS) is 10.0. The molecule has 0 aliphatic rings. The Labute approximate surface area is 129 Å². The van der Waals surface area contributed by atoms with Gasteiger partial charge in [0.1, 0.15) is 0 Å². The summed E-state index contributed by atoms with van der Waals surface area (Å²) in [5, 5.41) is 10.5. The van der Waals surface area contributed by atoms with Gasteiger partial charge in [0.2, 0.25) is 0 Å². The molecule has 0 saturated heterocycles. The van der Waals surface area contributed by atoms with Crippen LogP contribution in [-0.2, 0) is 6.54 Å². The Balaban J connectivity index is 2.15. The van der Waals surface area contributed by atoms with E-state index in [9.17, 15) is 4.79 Å². The highest BCUT2D eigenvalue weighted by Gasteiger charge is 2.17. The second-order valence-corrected chi connectivity index (χ2v) is 6.43. The van der Waals surface area contributed by atoms with Crippen LogP contribution in [0.25, 0.3) is 0 Å². The highest BCUT2D eigenvalue weighted by molar-refractivity contribution is 9.11. The monoisotopic (exact) mass is 349 g/mol. The van der Waals surface area contributed by atoms with E-state index < -0.39 is 0 Å². The minimum Gasteiger partial charge on any atom is -0.333 e. The highest BCUT2D eigenvalue weighted by Crippen LogP contribution is 2.22. The SMILES string of the molecule is N#CCCN(Cc1cccnc1)C(=O)c1csc(Br)c1. The molecule has 2 rings (SSSR count). The molecule has 102 valence electrons. The van der Waals surface area contributed by atoms with Crippen molar-refractivity contribution in [3.63, 3.8) is 0 Å². The summed E-state index contributed by atoms with van der Waals surface area (Å²) >= 11 is 4.83. The average molecular weight is 350 g/mol. The van der Waals surface area contributed by atoms with Crippen LogP contribution in [0.15, 0.2) is 39.8 Å². The van der Waals surface area contributed by atoms with Gasteiger partial charge in [0.25, 0.3) is 5.91 Å². The molecule has 0 aliphatic heterocycles. The lowest BCUT2D eigenvalue weighted by molar-refractivity contribution is 0.0747. The van der Waals surface area contributed by atoms with E-state index in [-0.39, 0.29) is 5.91 Å². The van der Waals surface area contributed by atoms with Crippen molar-refractivity contribution in [2.45, 2.75) is 13.0 Å². The maximum Gasteiger partial charge on any atom is 0.255 e. The first-order chi connectivity index (χ1) is 9.70. The van der Waals surface area contributed by atoms with Gasteiger partial charge in [-0.25, -0.2) is 0 Å². The Morgan fingerprint density at radius 1 is 1.55 bits per heavy atom. The fraction of sp³-hybridized carbons (Fsp3) is 0.214. The van der Waals surface area contributed by atoms with Crippen LogP contribution in [0.3, 0.4) is 0 Å². The number of nitriles is 1. The molecule has 2 aromatic rings. The van der Waals surface area contributed by atoms with Gasteiger partial charge in [-0.2, -0.15) is 5.26 Å². The van der Waals surface area contributed by atoms with Crippen molar-refractivity contribution < 1.29 is 4.79 Å². The fourth-order valence-corrected chi connectivity index (χ4v) is 2.88. The Bertz CT molecular complexity index is 621. The molecule has 0 atom stereocenters. The number of aromatic nitrogens is 1. The molecule has 6 heteroatoms. The first-order valence-corrected chi connectivity index (χ1v) is 7.67. The van der Waals surface area contributed by atoms with Gasteiger partial charge in [0.15, 0.2) is 0 Å². The van der Waals surface area contributed by atoms with E-state index in [0.29, 0.717) is 25.1 Å². The van der Waals surface area contributed by atoms with Gasteiger partial charge in [-0.05, 0) is 33.6 Å². The number of hydrogen-bond donors (Lipinski definition) is 0. The molecule has 0 saturated carbocycles. The Morgan fingerprint density at radius 2 is 2.40 bits per heavy atom. The second-order valence-electron chi connectivity index (χ2n) is 4.14. The number of rotatable bonds is 5. The third-order valence-corrected chi connectivity index (χ3v) is 4.20. The number of carbonyl (C=O) groups excluding carboxylic acids is 1. The molecule has 0 N–H and O–H groups in total. The van der Waals surface area contributed by atoms with Crippen molar-refractivity contribution in [1.82, 2.24) is 9.88 Å². The first-order valence-electron chi connectivity index (χ1n) is 6.00. The van der Waals surface area contributed by atoms with E-state index in [1.807, 2.05) is 17.5 Å². The molecule has 0 aliphatic carbocycles. The molecule has 0 unspecified atom stereocenters. The van der Waals surface area contributed by atoms with Gasteiger partial charge in [0, 0.05) is 30.9 Å². The smallest absolute Gasteiger partial charge is 0.255 e. The number of amides is 1. The van der Waals surface area contributed by atoms with Crippen LogP contribution in [0, 0.1) is 11.3 Å². The average Bonchev–Trinajstić information content (AvgIpc) is 2.90. The molecule has 0 spiro atoms. The molecule has 2 heterocycles. The summed E-state index contributed by atoms with van der Waals surface area (Å²) < 4.78 is 0.919. The van der Waals surface area contributed by atoms with E-state index in [1.54, 1.807) is 23.4 Å². The summed E-state index contributed by atoms with van der Waals surface area (Å²) in [6.07, 6.45) is 3.74. The van der Waals surface area contributed by atoms with Gasteiger partial charge in [-0.1, -0.05) is 6.07 Å². The van der Waals surface area contributed by atoms with Crippen molar-refractivity contribution >= 4 is 33.2 Å². The van der Waals surface area contributed by atoms with E-state index in [0.717, 1.165) is 9.35 Å². The third kappa shape index (κ3) is 3.89. The number of halogens is 1. The molecular weight excluding hydrogens is 338 g/mol. The molecule has 20 heavy (non-hydrogen) atoms. The van der Waals surface area contributed by atoms with Gasteiger partial charge in [-0.3, -0.25) is 9.78 Å². The molecule has 1 amide bonds. The number of thiophene rings is 1. The van der Waals surface area contributed by atoms with Crippen LogP contribution in [0.1, 0.15) is 22.3 Å². The van der Waals surface area contributed by atoms with Crippen molar-refractivity contribution in [1.29, 1.82) is 5.26 Å². The van der Waals surface area contributed by atoms with Crippen molar-refractivity contribution in [2.24, 2.45) is 0 Å². The quantitative estimate of drug-likeness (QED) is 0.830. The lowest BCUT2D eigenvalue weighted by Crippen LogP contribution is -2.31. The predicted molar refractivity (Wildman–Crippen MR) is 81.2 cm³/mol. The number of hydrogen-bond acceptors (Lipinski definition) is 4. The van der Waals surface area contributed by atoms with Gasteiger partial charge >= 0.3 is 0 Å². The minimum atomic E-state index is -0.0638. The summed E-state index contributed by atoms with van der Waals surface area (Å²) in [7, 11) is 0. The predicted octanol–water partition coefficient (Wildman–Crippen LogP) is 3.46. The molecule has 0 radical (unpaired) electrons. The summed E-state index contributed by atoms with van der Waals surface area (Å²) in [6.45, 7) is 0.875. The van der Waals surface area contributed by atoms with Crippen LogP contribution >= 0.6 is 27.3 Å². The second kappa shape index (κ2) is 7.17. The van der Waals surface area contributed by atoms with Crippen LogP contribution in [0.2, 0.25) is 0 Å². The lowest BCUT2D eigenvalue weighted by Gasteiger charge is -2.21. The van der Waals surface area contributed by atoms with Gasteiger partial charge < -0.3 is 4.90 Å². The summed E-state index contributed by atoms with van der Waals surface area (Å²) in [6, 6.07) is 7.64. The van der Waals surface area contributed by atoms with Crippen LogP contribution in [0.5, 0.6) is 0 Å². The standard InChI is InChI=1S/C14H12BrN3OS/c15-13-7-12(10-20-13)14(19)18(6-2-4-16)9-11-3-1-5-17-8-11/h1,3,5,7-8,10H,2,6,9H2. The number of pyridine rings is 1. The third-order valence-electron chi connectivity index (χ3n) is 2.69. The summed E-state index contributed by atoms with van der Waals surface area (Å²) in [5.74, 6) is -0.0638. The van der Waals surface area contributed by atoms with Crippen molar-refractivity contribution in [3.8, 4) is 6.07 Å². The van der Waals surface area contributed by atoms with Crippen LogP contribution in [0.4, 0.5) is 0 Å². The molecule has 2 aromatic heterocycles. The van der Waals surface area contributed by atoms with E-state index in [4.69, 9.17) is 5.26 Å². The van der Waals surface area contributed by atoms with E-state index >= 15 is 0 Å². The van der Waals surface area contributed by atoms with Crippen LogP contribution < -0.4 is 0 Å². The topological polar surface area (TPSA) is 57.0 Å². The van der Waals surface area contributed by atoms with Crippen molar-refractivity contribution in [2.75, 3.05) is 6.54 Å². The zero-order chi connectivity index (χ0) is 14.4. The maximum atomic E-state index is 12.5. The highest BCUT2D eigenvalue weighted by atomic mass is 79.9. The van der Waals surface area contributed by atoms with E-state index in [1.165, 1.54) is 11.3 Å². The van der Waals surface area contributed by atoms with Crippen molar-refractivity contribution in [3.05, 3.63) is 50.9 Å². The molecule has 0 fully saturated rings. The Morgan fingerprint density at radius 3 is 3.00 bits per heavy atom. The molecule has 0 bridgehead atoms. The molecular formula is C14H12BrN3OS. The summed E-state index contributed by atoms with van der Waals surface area (Å²) in [4.78, 5) is 18.2. The van der Waals surface area contributed by atoms with Gasteiger partial charge in [0.05, 0.1) is 21.8 Å². The molecule has 4 nitrogen and oxygen atoms in total. The number of nitrogens with zero attached hydrogens (tertiary/aromatic N) is 3. The maximum absolute atomic E-state index is 12.5. The first kappa shape index (κ1) is 14.7.